The number of halogens is 3. The summed E-state index contributed by atoms with van der Waals surface area (Å²) in [6, 6.07) is 1.09. The van der Waals surface area contributed by atoms with Gasteiger partial charge < -0.3 is 9.57 Å². The van der Waals surface area contributed by atoms with Gasteiger partial charge in [-0.1, -0.05) is 11.6 Å². The lowest BCUT2D eigenvalue weighted by atomic mass is 10.2. The second-order valence-corrected chi connectivity index (χ2v) is 3.08. The lowest BCUT2D eigenvalue weighted by Crippen LogP contribution is -2.12. The molecule has 1 rings (SSSR count). The fraction of sp³-hybridized carbons (Fsp3) is 0.333. The topological polar surface area (TPSA) is 30.5 Å². The highest BCUT2D eigenvalue weighted by molar-refractivity contribution is 6.31. The van der Waals surface area contributed by atoms with E-state index < -0.39 is 16.7 Å². The number of nitrogens with one attached hydrogen (secondary N) is 1. The largest absolute Gasteiger partial charge is 0.493 e. The van der Waals surface area contributed by atoms with Gasteiger partial charge in [0, 0.05) is 12.1 Å². The summed E-state index contributed by atoms with van der Waals surface area (Å²) < 4.78 is 31.3. The summed E-state index contributed by atoms with van der Waals surface area (Å²) in [7, 11) is 2.68. The van der Waals surface area contributed by atoms with E-state index >= 15 is 0 Å². The van der Waals surface area contributed by atoms with Crippen LogP contribution < -0.4 is 10.2 Å². The van der Waals surface area contributed by atoms with E-state index in [9.17, 15) is 8.78 Å². The van der Waals surface area contributed by atoms with Crippen molar-refractivity contribution in [1.29, 1.82) is 0 Å². The van der Waals surface area contributed by atoms with Gasteiger partial charge in [-0.15, -0.1) is 0 Å². The Morgan fingerprint density at radius 3 is 2.60 bits per heavy atom. The van der Waals surface area contributed by atoms with Crippen molar-refractivity contribution in [3.8, 4) is 5.75 Å². The van der Waals surface area contributed by atoms with Crippen molar-refractivity contribution in [3.05, 3.63) is 28.3 Å². The first-order valence-electron chi connectivity index (χ1n) is 4.08. The Morgan fingerprint density at radius 2 is 2.07 bits per heavy atom. The van der Waals surface area contributed by atoms with E-state index in [2.05, 4.69) is 10.3 Å². The zero-order valence-corrected chi connectivity index (χ0v) is 8.99. The third-order valence-electron chi connectivity index (χ3n) is 1.81. The number of methoxy groups -OCH3 is 1. The molecule has 0 aliphatic rings. The van der Waals surface area contributed by atoms with Crippen molar-refractivity contribution in [2.24, 2.45) is 0 Å². The number of hydroxylamine groups is 1. The van der Waals surface area contributed by atoms with Crippen molar-refractivity contribution >= 4 is 11.6 Å². The van der Waals surface area contributed by atoms with Crippen LogP contribution in [0, 0.1) is 11.6 Å². The Balaban J connectivity index is 3.13. The van der Waals surface area contributed by atoms with Gasteiger partial charge in [-0.2, -0.15) is 5.48 Å². The molecule has 6 heteroatoms. The first-order valence-corrected chi connectivity index (χ1v) is 4.45. The lowest BCUT2D eigenvalue weighted by Gasteiger charge is -2.11. The number of ether oxygens (including phenoxy) is 1. The molecule has 1 aromatic rings. The van der Waals surface area contributed by atoms with Crippen LogP contribution in [0.5, 0.6) is 5.75 Å². The molecule has 0 fully saturated rings. The molecule has 0 atom stereocenters. The predicted octanol–water partition coefficient (Wildman–Crippen LogP) is 2.28. The SMILES string of the molecule is CONCc1cc(F)c(Cl)c(F)c1OC. The van der Waals surface area contributed by atoms with Crippen molar-refractivity contribution in [2.45, 2.75) is 6.54 Å². The molecule has 0 spiro atoms. The molecule has 15 heavy (non-hydrogen) atoms. The van der Waals surface area contributed by atoms with Crippen LogP contribution in [-0.4, -0.2) is 14.2 Å². The third-order valence-corrected chi connectivity index (χ3v) is 2.15. The van der Waals surface area contributed by atoms with Gasteiger partial charge in [0.05, 0.1) is 14.2 Å². The smallest absolute Gasteiger partial charge is 0.186 e. The first-order chi connectivity index (χ1) is 7.11. The number of hydrogen-bond donors (Lipinski definition) is 1. The molecule has 3 nitrogen and oxygen atoms in total. The predicted molar refractivity (Wildman–Crippen MR) is 51.8 cm³/mol. The summed E-state index contributed by atoms with van der Waals surface area (Å²) in [5, 5.41) is -0.576. The molecular weight excluding hydrogens is 228 g/mol. The molecule has 0 bridgehead atoms. The minimum atomic E-state index is -0.910. The van der Waals surface area contributed by atoms with Crippen LogP contribution in [-0.2, 0) is 11.4 Å². The average Bonchev–Trinajstić information content (AvgIpc) is 2.23. The molecule has 0 aromatic heterocycles. The van der Waals surface area contributed by atoms with Crippen LogP contribution in [0.15, 0.2) is 6.07 Å². The fourth-order valence-electron chi connectivity index (χ4n) is 1.13. The zero-order valence-electron chi connectivity index (χ0n) is 8.23. The second kappa shape index (κ2) is 5.25. The molecule has 0 unspecified atom stereocenters. The fourth-order valence-corrected chi connectivity index (χ4v) is 1.27. The summed E-state index contributed by atoms with van der Waals surface area (Å²) in [5.74, 6) is -1.83. The van der Waals surface area contributed by atoms with Gasteiger partial charge in [-0.05, 0) is 6.07 Å². The molecule has 0 heterocycles. The van der Waals surface area contributed by atoms with E-state index in [1.54, 1.807) is 0 Å². The zero-order chi connectivity index (χ0) is 11.4. The summed E-state index contributed by atoms with van der Waals surface area (Å²) in [5.41, 5.74) is 2.75. The van der Waals surface area contributed by atoms with Gasteiger partial charge in [0.25, 0.3) is 0 Å². The highest BCUT2D eigenvalue weighted by Gasteiger charge is 2.17. The van der Waals surface area contributed by atoms with Gasteiger partial charge in [0.2, 0.25) is 0 Å². The van der Waals surface area contributed by atoms with E-state index in [0.717, 1.165) is 6.07 Å². The Labute approximate surface area is 90.9 Å². The maximum Gasteiger partial charge on any atom is 0.186 e. The lowest BCUT2D eigenvalue weighted by molar-refractivity contribution is 0.0859. The Hall–Kier alpha value is -0.910. The van der Waals surface area contributed by atoms with Gasteiger partial charge in [-0.25, -0.2) is 8.78 Å². The van der Waals surface area contributed by atoms with Gasteiger partial charge in [0.15, 0.2) is 11.6 Å². The van der Waals surface area contributed by atoms with Crippen LogP contribution in [0.3, 0.4) is 0 Å². The Bertz CT molecular complexity index is 360. The molecule has 84 valence electrons. The van der Waals surface area contributed by atoms with Crippen molar-refractivity contribution < 1.29 is 18.4 Å². The maximum atomic E-state index is 13.4. The Kier molecular flexibility index (Phi) is 4.26. The highest BCUT2D eigenvalue weighted by Crippen LogP contribution is 2.31. The van der Waals surface area contributed by atoms with E-state index in [0.29, 0.717) is 5.56 Å². The molecule has 0 radical (unpaired) electrons. The summed E-state index contributed by atoms with van der Waals surface area (Å²) in [6.07, 6.45) is 0. The minimum absolute atomic E-state index is 0.0917. The molecule has 0 saturated heterocycles. The molecule has 1 aromatic carbocycles. The second-order valence-electron chi connectivity index (χ2n) is 2.70. The van der Waals surface area contributed by atoms with Crippen LogP contribution >= 0.6 is 11.6 Å². The van der Waals surface area contributed by atoms with Crippen molar-refractivity contribution in [1.82, 2.24) is 5.48 Å². The quantitative estimate of drug-likeness (QED) is 0.644. The molecule has 0 aliphatic heterocycles. The summed E-state index contributed by atoms with van der Waals surface area (Å²) in [6.45, 7) is 0.116. The molecule has 1 N–H and O–H groups in total. The van der Waals surface area contributed by atoms with Crippen molar-refractivity contribution in [2.75, 3.05) is 14.2 Å². The number of hydrogen-bond acceptors (Lipinski definition) is 3. The standard InChI is InChI=1S/C9H10ClF2NO2/c1-14-9-5(4-13-15-2)3-6(11)7(10)8(9)12/h3,13H,4H2,1-2H3. The van der Waals surface area contributed by atoms with Gasteiger partial charge in [0.1, 0.15) is 10.8 Å². The molecule has 0 saturated carbocycles. The first kappa shape index (κ1) is 12.2. The van der Waals surface area contributed by atoms with Crippen LogP contribution in [0.1, 0.15) is 5.56 Å². The molecule has 0 amide bonds. The third kappa shape index (κ3) is 2.56. The van der Waals surface area contributed by atoms with Crippen molar-refractivity contribution in [3.63, 3.8) is 0 Å². The van der Waals surface area contributed by atoms with Crippen LogP contribution in [0.25, 0.3) is 0 Å². The Morgan fingerprint density at radius 1 is 1.40 bits per heavy atom. The summed E-state index contributed by atoms with van der Waals surface area (Å²) in [4.78, 5) is 4.57. The van der Waals surface area contributed by atoms with Gasteiger partial charge in [-0.3, -0.25) is 0 Å². The number of rotatable bonds is 4. The van der Waals surface area contributed by atoms with E-state index in [1.807, 2.05) is 0 Å². The number of benzene rings is 1. The van der Waals surface area contributed by atoms with Crippen LogP contribution in [0.2, 0.25) is 5.02 Å². The molecule has 0 aliphatic carbocycles. The van der Waals surface area contributed by atoms with E-state index in [4.69, 9.17) is 16.3 Å². The van der Waals surface area contributed by atoms with E-state index in [-0.39, 0.29) is 12.3 Å². The maximum absolute atomic E-state index is 13.4. The van der Waals surface area contributed by atoms with Crippen LogP contribution in [0.4, 0.5) is 8.78 Å². The molecular formula is C9H10ClF2NO2. The average molecular weight is 238 g/mol. The summed E-state index contributed by atoms with van der Waals surface area (Å²) >= 11 is 5.39. The monoisotopic (exact) mass is 237 g/mol. The van der Waals surface area contributed by atoms with E-state index in [1.165, 1.54) is 14.2 Å². The minimum Gasteiger partial charge on any atom is -0.493 e. The van der Waals surface area contributed by atoms with Gasteiger partial charge >= 0.3 is 0 Å². The highest BCUT2D eigenvalue weighted by atomic mass is 35.5. The normalized spacial score (nSPS) is 10.5.